The maximum Gasteiger partial charge on any atom is 0.250 e. The number of aldehydes is 1. The molecule has 0 aliphatic heterocycles. The van der Waals surface area contributed by atoms with Crippen LogP contribution in [0.4, 0.5) is 10.3 Å². The van der Waals surface area contributed by atoms with Crippen LogP contribution < -0.4 is 16.4 Å². The van der Waals surface area contributed by atoms with E-state index in [4.69, 9.17) is 5.73 Å². The van der Waals surface area contributed by atoms with E-state index in [9.17, 15) is 19.3 Å². The fraction of sp³-hybridized carbons (Fsp3) is 0.370. The largest absolute Gasteiger partial charge is 0.366 e. The lowest BCUT2D eigenvalue weighted by Crippen LogP contribution is -2.15. The van der Waals surface area contributed by atoms with Gasteiger partial charge in [0.2, 0.25) is 22.1 Å². The first-order chi connectivity index (χ1) is 20.9. The first-order valence-electron chi connectivity index (χ1n) is 13.4. The van der Waals surface area contributed by atoms with Gasteiger partial charge in [0.25, 0.3) is 0 Å². The van der Waals surface area contributed by atoms with Crippen molar-refractivity contribution in [2.45, 2.75) is 56.9 Å². The van der Waals surface area contributed by atoms with Gasteiger partial charge in [0.05, 0.1) is 12.0 Å². The monoisotopic (exact) mass is 622 g/mol. The van der Waals surface area contributed by atoms with E-state index in [-0.39, 0.29) is 25.3 Å². The number of hydrogen-bond donors (Lipinski definition) is 3. The van der Waals surface area contributed by atoms with Crippen molar-refractivity contribution in [1.29, 1.82) is 0 Å². The highest BCUT2D eigenvalue weighted by Crippen LogP contribution is 2.43. The van der Waals surface area contributed by atoms with E-state index in [2.05, 4.69) is 46.2 Å². The van der Waals surface area contributed by atoms with Crippen molar-refractivity contribution < 1.29 is 14.4 Å². The topological polar surface area (TPSA) is 208 Å². The van der Waals surface area contributed by atoms with Crippen molar-refractivity contribution in [3.8, 4) is 0 Å². The normalized spacial score (nSPS) is 15.9. The number of nitrogens with one attached hydrogen (secondary N) is 2. The number of pyridine rings is 2. The predicted molar refractivity (Wildman–Crippen MR) is 162 cm³/mol. The number of rotatable bonds is 11. The average Bonchev–Trinajstić information content (AvgIpc) is 3.69. The van der Waals surface area contributed by atoms with E-state index in [1.54, 1.807) is 41.8 Å². The minimum absolute atomic E-state index is 0.0742. The summed E-state index contributed by atoms with van der Waals surface area (Å²) in [6.07, 6.45) is 8.30. The molecule has 0 radical (unpaired) electrons. The van der Waals surface area contributed by atoms with Crippen LogP contribution in [0, 0.1) is 4.91 Å². The molecule has 0 spiro atoms. The van der Waals surface area contributed by atoms with Crippen LogP contribution in [-0.4, -0.2) is 55.5 Å². The Morgan fingerprint density at radius 1 is 0.977 bits per heavy atom. The van der Waals surface area contributed by atoms with Gasteiger partial charge in [0.15, 0.2) is 0 Å². The zero-order valence-corrected chi connectivity index (χ0v) is 24.9. The molecule has 1 aliphatic carbocycles. The van der Waals surface area contributed by atoms with E-state index in [1.807, 2.05) is 7.05 Å². The van der Waals surface area contributed by atoms with Crippen LogP contribution in [-0.2, 0) is 29.0 Å². The molecule has 224 valence electrons. The average molecular weight is 623 g/mol. The second-order valence-electron chi connectivity index (χ2n) is 9.64. The molecule has 4 N–H and O–H groups in total. The molecule has 4 heterocycles. The summed E-state index contributed by atoms with van der Waals surface area (Å²) < 4.78 is 0. The molecule has 2 amide bonds. The van der Waals surface area contributed by atoms with Crippen LogP contribution in [0.25, 0.3) is 0 Å². The molecule has 4 aromatic heterocycles. The summed E-state index contributed by atoms with van der Waals surface area (Å²) in [5.74, 6) is -0.0279. The van der Waals surface area contributed by atoms with Gasteiger partial charge in [0.1, 0.15) is 22.8 Å². The number of aromatic nitrogens is 6. The summed E-state index contributed by atoms with van der Waals surface area (Å²) in [5.41, 5.74) is 7.31. The summed E-state index contributed by atoms with van der Waals surface area (Å²) in [6.45, 7) is 0.0742. The molecule has 1 saturated carbocycles. The number of carbonyl (C=O) groups is 3. The van der Waals surface area contributed by atoms with Gasteiger partial charge in [-0.3, -0.25) is 19.6 Å². The van der Waals surface area contributed by atoms with Crippen LogP contribution in [0.2, 0.25) is 0 Å². The lowest BCUT2D eigenvalue weighted by molar-refractivity contribution is -0.115. The van der Waals surface area contributed by atoms with Crippen LogP contribution in [0.1, 0.15) is 74.8 Å². The SMILES string of the molecule is CNc1nnc(C2CCC[C@H](c3nnc(NC(=O)Cc4ccc(CN=O)cn4)s3)C2)s1.NC(=O)c1ccc(CC=O)nc1. The summed E-state index contributed by atoms with van der Waals surface area (Å²) in [5, 5.41) is 29.0. The van der Waals surface area contributed by atoms with Crippen molar-refractivity contribution in [3.63, 3.8) is 0 Å². The second kappa shape index (κ2) is 15.6. The summed E-state index contributed by atoms with van der Waals surface area (Å²) >= 11 is 3.03. The molecule has 0 saturated heterocycles. The standard InChI is InChI=1S/C19H22N8O2S2.C8H8N2O2/c1-20-18-26-24-16(30-18)12-3-2-4-13(7-12)17-25-27-19(31-17)23-15(28)8-14-6-5-11(9-21-14)10-22-29;9-8(12)6-1-2-7(3-4-11)10-5-6/h5-6,9,12-13H,2-4,7-8,10H2,1H3,(H,20,26)(H,23,27,28);1-2,4-5H,3H2,(H2,9,12)/t12?,13-;/m0./s1. The Labute approximate surface area is 255 Å². The third kappa shape index (κ3) is 9.21. The molecular formula is C27H30N10O4S2. The number of primary amides is 1. The van der Waals surface area contributed by atoms with Gasteiger partial charge in [-0.15, -0.1) is 20.4 Å². The maximum absolute atomic E-state index is 12.3. The highest BCUT2D eigenvalue weighted by Gasteiger charge is 2.29. The quantitative estimate of drug-likeness (QED) is 0.162. The molecule has 43 heavy (non-hydrogen) atoms. The van der Waals surface area contributed by atoms with Gasteiger partial charge in [-0.05, 0) is 43.0 Å². The van der Waals surface area contributed by atoms with E-state index in [0.29, 0.717) is 33.9 Å². The number of anilines is 2. The van der Waals surface area contributed by atoms with Crippen LogP contribution in [0.3, 0.4) is 0 Å². The lowest BCUT2D eigenvalue weighted by Gasteiger charge is -2.25. The minimum atomic E-state index is -0.514. The number of hydrogen-bond acceptors (Lipinski definition) is 14. The van der Waals surface area contributed by atoms with E-state index >= 15 is 0 Å². The Morgan fingerprint density at radius 3 is 2.21 bits per heavy atom. The third-order valence-electron chi connectivity index (χ3n) is 6.59. The minimum Gasteiger partial charge on any atom is -0.366 e. The first-order valence-corrected chi connectivity index (χ1v) is 15.1. The van der Waals surface area contributed by atoms with Crippen LogP contribution in [0.5, 0.6) is 0 Å². The zero-order chi connectivity index (χ0) is 30.6. The number of nitroso groups, excluding NO2 is 1. The van der Waals surface area contributed by atoms with Gasteiger partial charge < -0.3 is 21.2 Å². The Bertz CT molecular complexity index is 1530. The zero-order valence-electron chi connectivity index (χ0n) is 23.3. The molecule has 4 aromatic rings. The third-order valence-corrected chi connectivity index (χ3v) is 8.70. The van der Waals surface area contributed by atoms with Crippen molar-refractivity contribution in [3.05, 3.63) is 74.1 Å². The molecule has 14 nitrogen and oxygen atoms in total. The molecule has 0 bridgehead atoms. The van der Waals surface area contributed by atoms with Gasteiger partial charge in [0, 0.05) is 49.1 Å². The Balaban J connectivity index is 0.000000296. The Kier molecular flexibility index (Phi) is 11.4. The number of amides is 2. The number of carbonyl (C=O) groups excluding carboxylic acids is 3. The van der Waals surface area contributed by atoms with Gasteiger partial charge in [-0.1, -0.05) is 40.3 Å². The first kappa shape index (κ1) is 31.4. The molecule has 5 rings (SSSR count). The van der Waals surface area contributed by atoms with Crippen molar-refractivity contribution >= 4 is 51.0 Å². The highest BCUT2D eigenvalue weighted by molar-refractivity contribution is 7.15. The van der Waals surface area contributed by atoms with E-state index in [1.165, 1.54) is 17.5 Å². The lowest BCUT2D eigenvalue weighted by atomic mass is 9.82. The summed E-state index contributed by atoms with van der Waals surface area (Å²) in [4.78, 5) is 51.3. The van der Waals surface area contributed by atoms with Crippen molar-refractivity contribution in [2.75, 3.05) is 17.7 Å². The highest BCUT2D eigenvalue weighted by atomic mass is 32.1. The maximum atomic E-state index is 12.3. The Hall–Kier alpha value is -4.57. The van der Waals surface area contributed by atoms with Gasteiger partial charge >= 0.3 is 0 Å². The smallest absolute Gasteiger partial charge is 0.250 e. The van der Waals surface area contributed by atoms with Crippen molar-refractivity contribution in [1.82, 2.24) is 30.4 Å². The molecule has 2 atom stereocenters. The summed E-state index contributed by atoms with van der Waals surface area (Å²) in [6, 6.07) is 6.63. The summed E-state index contributed by atoms with van der Waals surface area (Å²) in [7, 11) is 1.85. The molecule has 1 unspecified atom stereocenters. The predicted octanol–water partition coefficient (Wildman–Crippen LogP) is 3.64. The molecular weight excluding hydrogens is 592 g/mol. The van der Waals surface area contributed by atoms with Gasteiger partial charge in [-0.2, -0.15) is 4.91 Å². The van der Waals surface area contributed by atoms with E-state index in [0.717, 1.165) is 52.7 Å². The van der Waals surface area contributed by atoms with Gasteiger partial charge in [-0.25, -0.2) is 0 Å². The molecule has 1 aliphatic rings. The molecule has 0 aromatic carbocycles. The molecule has 1 fully saturated rings. The number of nitrogens with zero attached hydrogens (tertiary/aromatic N) is 7. The van der Waals surface area contributed by atoms with Crippen LogP contribution in [0.15, 0.2) is 41.8 Å². The second-order valence-corrected chi connectivity index (χ2v) is 11.7. The van der Waals surface area contributed by atoms with E-state index < -0.39 is 5.91 Å². The fourth-order valence-corrected chi connectivity index (χ4v) is 6.17. The number of nitrogens with two attached hydrogens (primary N) is 1. The van der Waals surface area contributed by atoms with Crippen molar-refractivity contribution in [2.24, 2.45) is 10.9 Å². The molecule has 16 heteroatoms. The van der Waals surface area contributed by atoms with Crippen LogP contribution >= 0.6 is 22.7 Å². The Morgan fingerprint density at radius 2 is 1.65 bits per heavy atom. The fourth-order valence-electron chi connectivity index (χ4n) is 4.42.